The lowest BCUT2D eigenvalue weighted by Crippen LogP contribution is -2.53. The fourth-order valence-electron chi connectivity index (χ4n) is 2.98. The SMILES string of the molecule is CCC1(C(=O)NCCc2nnc3ccccn23)CCCN1. The van der Waals surface area contributed by atoms with Gasteiger partial charge in [-0.3, -0.25) is 9.20 Å². The molecular weight excluding hydrogens is 266 g/mol. The molecule has 112 valence electrons. The van der Waals surface area contributed by atoms with Crippen LogP contribution in [-0.2, 0) is 11.2 Å². The summed E-state index contributed by atoms with van der Waals surface area (Å²) < 4.78 is 1.95. The number of fused-ring (bicyclic) bond motifs is 1. The van der Waals surface area contributed by atoms with Gasteiger partial charge in [-0.05, 0) is 37.9 Å². The lowest BCUT2D eigenvalue weighted by Gasteiger charge is -2.26. The summed E-state index contributed by atoms with van der Waals surface area (Å²) in [5.74, 6) is 0.979. The topological polar surface area (TPSA) is 71.3 Å². The smallest absolute Gasteiger partial charge is 0.240 e. The molecule has 6 nitrogen and oxygen atoms in total. The number of pyridine rings is 1. The third-order valence-electron chi connectivity index (χ3n) is 4.30. The second-order valence-corrected chi connectivity index (χ2v) is 5.52. The van der Waals surface area contributed by atoms with Crippen molar-refractivity contribution in [1.82, 2.24) is 25.2 Å². The van der Waals surface area contributed by atoms with Crippen LogP contribution in [0.2, 0.25) is 0 Å². The lowest BCUT2D eigenvalue weighted by molar-refractivity contribution is -0.127. The van der Waals surface area contributed by atoms with Gasteiger partial charge in [-0.25, -0.2) is 0 Å². The van der Waals surface area contributed by atoms with E-state index in [0.717, 1.165) is 37.3 Å². The molecule has 1 aliphatic rings. The number of amides is 1. The van der Waals surface area contributed by atoms with Gasteiger partial charge in [0.15, 0.2) is 5.65 Å². The molecule has 21 heavy (non-hydrogen) atoms. The number of nitrogens with zero attached hydrogens (tertiary/aromatic N) is 3. The van der Waals surface area contributed by atoms with E-state index in [4.69, 9.17) is 0 Å². The van der Waals surface area contributed by atoms with Crippen molar-refractivity contribution in [2.24, 2.45) is 0 Å². The van der Waals surface area contributed by atoms with Gasteiger partial charge in [-0.1, -0.05) is 13.0 Å². The number of carbonyl (C=O) groups is 1. The number of hydrogen-bond acceptors (Lipinski definition) is 4. The zero-order valence-electron chi connectivity index (χ0n) is 12.3. The minimum atomic E-state index is -0.368. The number of nitrogens with one attached hydrogen (secondary N) is 2. The van der Waals surface area contributed by atoms with E-state index >= 15 is 0 Å². The molecule has 1 aliphatic heterocycles. The maximum atomic E-state index is 12.4. The van der Waals surface area contributed by atoms with Gasteiger partial charge in [0.1, 0.15) is 5.82 Å². The predicted molar refractivity (Wildman–Crippen MR) is 80.0 cm³/mol. The van der Waals surface area contributed by atoms with Crippen LogP contribution < -0.4 is 10.6 Å². The fourth-order valence-corrected chi connectivity index (χ4v) is 2.98. The van der Waals surface area contributed by atoms with Crippen LogP contribution in [0.5, 0.6) is 0 Å². The Balaban J connectivity index is 1.60. The monoisotopic (exact) mass is 287 g/mol. The van der Waals surface area contributed by atoms with Crippen LogP contribution in [0.3, 0.4) is 0 Å². The summed E-state index contributed by atoms with van der Waals surface area (Å²) in [7, 11) is 0. The molecule has 2 aromatic heterocycles. The van der Waals surface area contributed by atoms with Crippen molar-refractivity contribution in [2.75, 3.05) is 13.1 Å². The van der Waals surface area contributed by atoms with Gasteiger partial charge in [-0.2, -0.15) is 0 Å². The van der Waals surface area contributed by atoms with Crippen LogP contribution in [0, 0.1) is 0 Å². The second-order valence-electron chi connectivity index (χ2n) is 5.52. The van der Waals surface area contributed by atoms with Gasteiger partial charge in [0, 0.05) is 19.2 Å². The number of hydrogen-bond donors (Lipinski definition) is 2. The van der Waals surface area contributed by atoms with Gasteiger partial charge < -0.3 is 10.6 Å². The highest BCUT2D eigenvalue weighted by atomic mass is 16.2. The van der Waals surface area contributed by atoms with Gasteiger partial charge in [0.25, 0.3) is 0 Å². The summed E-state index contributed by atoms with van der Waals surface area (Å²) >= 11 is 0. The standard InChI is InChI=1S/C15H21N5O/c1-2-15(8-5-9-17-15)14(21)16-10-7-13-19-18-12-6-3-4-11-20(12)13/h3-4,6,11,17H,2,5,7-10H2,1H3,(H,16,21). The molecule has 0 aromatic carbocycles. The molecule has 1 atom stereocenters. The van der Waals surface area contributed by atoms with E-state index in [-0.39, 0.29) is 11.4 Å². The van der Waals surface area contributed by atoms with Crippen molar-refractivity contribution in [2.45, 2.75) is 38.1 Å². The van der Waals surface area contributed by atoms with Gasteiger partial charge in [-0.15, -0.1) is 10.2 Å². The van der Waals surface area contributed by atoms with Crippen molar-refractivity contribution >= 4 is 11.6 Å². The molecule has 0 bridgehead atoms. The van der Waals surface area contributed by atoms with E-state index in [2.05, 4.69) is 27.8 Å². The number of rotatable bonds is 5. The Kier molecular flexibility index (Phi) is 3.88. The van der Waals surface area contributed by atoms with Crippen LogP contribution in [0.4, 0.5) is 0 Å². The summed E-state index contributed by atoms with van der Waals surface area (Å²) in [5, 5.41) is 14.7. The molecule has 0 aliphatic carbocycles. The molecule has 0 saturated carbocycles. The average molecular weight is 287 g/mol. The first-order valence-electron chi connectivity index (χ1n) is 7.57. The molecule has 3 rings (SSSR count). The van der Waals surface area contributed by atoms with E-state index in [9.17, 15) is 4.79 Å². The van der Waals surface area contributed by atoms with Crippen LogP contribution in [0.15, 0.2) is 24.4 Å². The Labute approximate surface area is 123 Å². The van der Waals surface area contributed by atoms with Gasteiger partial charge in [0.2, 0.25) is 5.91 Å². The van der Waals surface area contributed by atoms with Crippen molar-refractivity contribution in [3.05, 3.63) is 30.2 Å². The summed E-state index contributed by atoms with van der Waals surface area (Å²) in [6, 6.07) is 5.81. The summed E-state index contributed by atoms with van der Waals surface area (Å²) in [5.41, 5.74) is 0.466. The number of carbonyl (C=O) groups excluding carboxylic acids is 1. The highest BCUT2D eigenvalue weighted by molar-refractivity contribution is 5.86. The van der Waals surface area contributed by atoms with Crippen LogP contribution in [-0.4, -0.2) is 39.1 Å². The normalized spacial score (nSPS) is 21.8. The third kappa shape index (κ3) is 2.63. The maximum Gasteiger partial charge on any atom is 0.240 e. The fraction of sp³-hybridized carbons (Fsp3) is 0.533. The maximum absolute atomic E-state index is 12.4. The van der Waals surface area contributed by atoms with E-state index in [1.165, 1.54) is 0 Å². The second kappa shape index (κ2) is 5.81. The average Bonchev–Trinajstić information content (AvgIpc) is 3.15. The molecule has 0 radical (unpaired) electrons. The zero-order chi connectivity index (χ0) is 14.7. The van der Waals surface area contributed by atoms with E-state index in [1.807, 2.05) is 28.8 Å². The molecule has 1 unspecified atom stereocenters. The largest absolute Gasteiger partial charge is 0.354 e. The van der Waals surface area contributed by atoms with Crippen molar-refractivity contribution in [3.63, 3.8) is 0 Å². The molecule has 1 saturated heterocycles. The minimum Gasteiger partial charge on any atom is -0.354 e. The van der Waals surface area contributed by atoms with E-state index in [1.54, 1.807) is 0 Å². The van der Waals surface area contributed by atoms with Crippen LogP contribution in [0.25, 0.3) is 5.65 Å². The number of aromatic nitrogens is 3. The quantitative estimate of drug-likeness (QED) is 0.858. The molecule has 1 fully saturated rings. The van der Waals surface area contributed by atoms with Crippen LogP contribution in [0.1, 0.15) is 32.0 Å². The minimum absolute atomic E-state index is 0.108. The van der Waals surface area contributed by atoms with Gasteiger partial charge >= 0.3 is 0 Å². The Hall–Kier alpha value is -1.95. The highest BCUT2D eigenvalue weighted by Gasteiger charge is 2.38. The molecule has 3 heterocycles. The lowest BCUT2D eigenvalue weighted by atomic mass is 9.93. The molecule has 2 aromatic rings. The summed E-state index contributed by atoms with van der Waals surface area (Å²) in [6.45, 7) is 3.57. The zero-order valence-corrected chi connectivity index (χ0v) is 12.3. The van der Waals surface area contributed by atoms with Crippen molar-refractivity contribution in [3.8, 4) is 0 Å². The highest BCUT2D eigenvalue weighted by Crippen LogP contribution is 2.22. The predicted octanol–water partition coefficient (Wildman–Crippen LogP) is 0.920. The Bertz CT molecular complexity index is 630. The third-order valence-corrected chi connectivity index (χ3v) is 4.30. The van der Waals surface area contributed by atoms with Crippen molar-refractivity contribution in [1.29, 1.82) is 0 Å². The first kappa shape index (κ1) is 14.0. The first-order chi connectivity index (χ1) is 10.2. The summed E-state index contributed by atoms with van der Waals surface area (Å²) in [6.07, 6.45) is 5.43. The van der Waals surface area contributed by atoms with E-state index in [0.29, 0.717) is 13.0 Å². The molecular formula is C15H21N5O. The molecule has 1 amide bonds. The molecule has 6 heteroatoms. The van der Waals surface area contributed by atoms with Crippen molar-refractivity contribution < 1.29 is 4.79 Å². The Morgan fingerprint density at radius 3 is 3.14 bits per heavy atom. The first-order valence-corrected chi connectivity index (χ1v) is 7.57. The Morgan fingerprint density at radius 1 is 1.48 bits per heavy atom. The molecule has 2 N–H and O–H groups in total. The van der Waals surface area contributed by atoms with Gasteiger partial charge in [0.05, 0.1) is 5.54 Å². The van der Waals surface area contributed by atoms with E-state index < -0.39 is 0 Å². The molecule has 0 spiro atoms. The summed E-state index contributed by atoms with van der Waals surface area (Å²) in [4.78, 5) is 12.4. The van der Waals surface area contributed by atoms with Crippen LogP contribution >= 0.6 is 0 Å². The Morgan fingerprint density at radius 2 is 2.38 bits per heavy atom.